The van der Waals surface area contributed by atoms with E-state index in [9.17, 15) is 9.59 Å². The molecule has 3 N–H and O–H groups in total. The van der Waals surface area contributed by atoms with Gasteiger partial charge < -0.3 is 20.7 Å². The third-order valence-corrected chi connectivity index (χ3v) is 3.37. The summed E-state index contributed by atoms with van der Waals surface area (Å²) in [5, 5.41) is 2.79. The number of hydrogen-bond donors (Lipinski definition) is 2. The molecule has 1 aliphatic rings. The zero-order valence-electron chi connectivity index (χ0n) is 11.5. The van der Waals surface area contributed by atoms with Crippen molar-refractivity contribution in [3.8, 4) is 0 Å². The molecule has 112 valence electrons. The van der Waals surface area contributed by atoms with E-state index in [1.165, 1.54) is 0 Å². The van der Waals surface area contributed by atoms with E-state index < -0.39 is 0 Å². The molecule has 0 aliphatic carbocycles. The Kier molecular flexibility index (Phi) is 5.10. The summed E-state index contributed by atoms with van der Waals surface area (Å²) < 4.78 is 4.81. The van der Waals surface area contributed by atoms with Gasteiger partial charge in [0.05, 0.1) is 6.54 Å². The molecule has 0 radical (unpaired) electrons. The van der Waals surface area contributed by atoms with E-state index in [1.54, 1.807) is 29.2 Å². The van der Waals surface area contributed by atoms with E-state index in [4.69, 9.17) is 22.7 Å². The Bertz CT molecular complexity index is 545. The van der Waals surface area contributed by atoms with Crippen LogP contribution in [0.5, 0.6) is 0 Å². The van der Waals surface area contributed by atoms with Crippen molar-refractivity contribution in [1.82, 2.24) is 4.90 Å². The average molecular weight is 307 g/mol. The van der Waals surface area contributed by atoms with Gasteiger partial charge in [-0.3, -0.25) is 4.79 Å². The van der Waals surface area contributed by atoms with E-state index in [0.29, 0.717) is 43.2 Å². The van der Waals surface area contributed by atoms with Crippen LogP contribution in [-0.4, -0.2) is 41.6 Å². The maximum Gasteiger partial charge on any atom is 0.409 e. The summed E-state index contributed by atoms with van der Waals surface area (Å²) in [6.45, 7) is 1.56. The fraction of sp³-hybridized carbons (Fsp3) is 0.357. The molecule has 21 heavy (non-hydrogen) atoms. The first-order chi connectivity index (χ1) is 10.1. The molecule has 0 atom stereocenters. The zero-order chi connectivity index (χ0) is 15.2. The van der Waals surface area contributed by atoms with Gasteiger partial charge in [0.2, 0.25) is 5.91 Å². The number of benzene rings is 1. The summed E-state index contributed by atoms with van der Waals surface area (Å²) in [5.41, 5.74) is 6.96. The molecule has 1 saturated heterocycles. The van der Waals surface area contributed by atoms with Crippen molar-refractivity contribution in [3.05, 3.63) is 29.8 Å². The lowest BCUT2D eigenvalue weighted by atomic mass is 10.2. The highest BCUT2D eigenvalue weighted by molar-refractivity contribution is 7.80. The highest BCUT2D eigenvalue weighted by Crippen LogP contribution is 2.11. The van der Waals surface area contributed by atoms with Gasteiger partial charge in [-0.1, -0.05) is 12.2 Å². The first-order valence-corrected chi connectivity index (χ1v) is 7.08. The van der Waals surface area contributed by atoms with Crippen LogP contribution < -0.4 is 11.1 Å². The predicted octanol–water partition coefficient (Wildman–Crippen LogP) is 1.49. The lowest BCUT2D eigenvalue weighted by molar-refractivity contribution is -0.116. The molecule has 0 aromatic heterocycles. The summed E-state index contributed by atoms with van der Waals surface area (Å²) in [7, 11) is 0. The zero-order valence-corrected chi connectivity index (χ0v) is 12.3. The standard InChI is InChI=1S/C14H17N3O3S/c15-13(21)10-3-5-11(6-4-10)16-12(18)2-1-7-17-8-9-20-14(17)19/h3-6H,1-2,7-9H2,(H2,15,21)(H,16,18). The molecular formula is C14H17N3O3S. The summed E-state index contributed by atoms with van der Waals surface area (Å²) >= 11 is 4.86. The molecule has 1 aliphatic heterocycles. The number of cyclic esters (lactones) is 1. The molecule has 1 heterocycles. The number of hydrogen-bond acceptors (Lipinski definition) is 4. The fourth-order valence-corrected chi connectivity index (χ4v) is 2.14. The van der Waals surface area contributed by atoms with Crippen LogP contribution in [-0.2, 0) is 9.53 Å². The van der Waals surface area contributed by atoms with Gasteiger partial charge >= 0.3 is 6.09 Å². The van der Waals surface area contributed by atoms with Gasteiger partial charge in [0.25, 0.3) is 0 Å². The van der Waals surface area contributed by atoms with E-state index in [1.807, 2.05) is 0 Å². The van der Waals surface area contributed by atoms with Crippen LogP contribution >= 0.6 is 12.2 Å². The van der Waals surface area contributed by atoms with Gasteiger partial charge in [0, 0.05) is 24.2 Å². The summed E-state index contributed by atoms with van der Waals surface area (Å²) in [4.78, 5) is 24.9. The van der Waals surface area contributed by atoms with Crippen molar-refractivity contribution < 1.29 is 14.3 Å². The summed E-state index contributed by atoms with van der Waals surface area (Å²) in [5.74, 6) is -0.0920. The van der Waals surface area contributed by atoms with E-state index in [2.05, 4.69) is 5.32 Å². The average Bonchev–Trinajstić information content (AvgIpc) is 2.85. The molecule has 2 rings (SSSR count). The molecular weight excluding hydrogens is 290 g/mol. The van der Waals surface area contributed by atoms with Gasteiger partial charge in [-0.25, -0.2) is 4.79 Å². The lowest BCUT2D eigenvalue weighted by Crippen LogP contribution is -2.26. The minimum Gasteiger partial charge on any atom is -0.448 e. The number of nitrogens with one attached hydrogen (secondary N) is 1. The predicted molar refractivity (Wildman–Crippen MR) is 83.1 cm³/mol. The molecule has 0 spiro atoms. The van der Waals surface area contributed by atoms with Crippen molar-refractivity contribution in [1.29, 1.82) is 0 Å². The second-order valence-corrected chi connectivity index (χ2v) is 5.13. The molecule has 6 nitrogen and oxygen atoms in total. The largest absolute Gasteiger partial charge is 0.448 e. The topological polar surface area (TPSA) is 84.7 Å². The molecule has 2 amide bonds. The third-order valence-electron chi connectivity index (χ3n) is 3.13. The molecule has 1 aromatic rings. The number of nitrogens with zero attached hydrogens (tertiary/aromatic N) is 1. The normalized spacial score (nSPS) is 13.9. The van der Waals surface area contributed by atoms with Crippen LogP contribution in [0.3, 0.4) is 0 Å². The Balaban J connectivity index is 1.74. The van der Waals surface area contributed by atoms with Crippen molar-refractivity contribution in [3.63, 3.8) is 0 Å². The Morgan fingerprint density at radius 3 is 2.67 bits per heavy atom. The number of ether oxygens (including phenoxy) is 1. The summed E-state index contributed by atoms with van der Waals surface area (Å²) in [6, 6.07) is 7.03. The van der Waals surface area contributed by atoms with Crippen LogP contribution in [0, 0.1) is 0 Å². The number of thiocarbonyl (C=S) groups is 1. The minimum atomic E-state index is -0.302. The van der Waals surface area contributed by atoms with E-state index in [-0.39, 0.29) is 12.0 Å². The molecule has 0 bridgehead atoms. The van der Waals surface area contributed by atoms with Crippen molar-refractivity contribution in [2.75, 3.05) is 25.0 Å². The van der Waals surface area contributed by atoms with Crippen LogP contribution in [0.4, 0.5) is 10.5 Å². The Hall–Kier alpha value is -2.15. The molecule has 1 fully saturated rings. The van der Waals surface area contributed by atoms with Gasteiger partial charge in [0.1, 0.15) is 11.6 Å². The highest BCUT2D eigenvalue weighted by atomic mass is 32.1. The first-order valence-electron chi connectivity index (χ1n) is 6.67. The third kappa shape index (κ3) is 4.42. The number of amides is 2. The molecule has 0 saturated carbocycles. The van der Waals surface area contributed by atoms with Crippen LogP contribution in [0.2, 0.25) is 0 Å². The smallest absolute Gasteiger partial charge is 0.409 e. The van der Waals surface area contributed by atoms with Crippen LogP contribution in [0.25, 0.3) is 0 Å². The second-order valence-electron chi connectivity index (χ2n) is 4.69. The SMILES string of the molecule is NC(=S)c1ccc(NC(=O)CCCN2CCOC2=O)cc1. The van der Waals surface area contributed by atoms with Gasteiger partial charge in [0.15, 0.2) is 0 Å². The number of nitrogens with two attached hydrogens (primary N) is 1. The Morgan fingerprint density at radius 2 is 2.10 bits per heavy atom. The Morgan fingerprint density at radius 1 is 1.38 bits per heavy atom. The van der Waals surface area contributed by atoms with E-state index >= 15 is 0 Å². The van der Waals surface area contributed by atoms with Crippen LogP contribution in [0.15, 0.2) is 24.3 Å². The van der Waals surface area contributed by atoms with Crippen molar-refractivity contribution >= 4 is 34.9 Å². The van der Waals surface area contributed by atoms with Gasteiger partial charge in [-0.05, 0) is 30.7 Å². The number of anilines is 1. The molecule has 7 heteroatoms. The Labute approximate surface area is 128 Å². The number of carbonyl (C=O) groups is 2. The highest BCUT2D eigenvalue weighted by Gasteiger charge is 2.21. The van der Waals surface area contributed by atoms with Crippen LogP contribution in [0.1, 0.15) is 18.4 Å². The first kappa shape index (κ1) is 15.2. The second kappa shape index (κ2) is 7.03. The maximum atomic E-state index is 11.8. The number of rotatable bonds is 6. The quantitative estimate of drug-likeness (QED) is 0.778. The van der Waals surface area contributed by atoms with Crippen molar-refractivity contribution in [2.45, 2.75) is 12.8 Å². The molecule has 0 unspecified atom stereocenters. The van der Waals surface area contributed by atoms with Gasteiger partial charge in [-0.15, -0.1) is 0 Å². The fourth-order valence-electron chi connectivity index (χ4n) is 2.00. The maximum absolute atomic E-state index is 11.8. The summed E-state index contributed by atoms with van der Waals surface area (Å²) in [6.07, 6.45) is 0.649. The molecule has 1 aromatic carbocycles. The van der Waals surface area contributed by atoms with Gasteiger partial charge in [-0.2, -0.15) is 0 Å². The lowest BCUT2D eigenvalue weighted by Gasteiger charge is -2.12. The minimum absolute atomic E-state index is 0.0920. The number of carbonyl (C=O) groups excluding carboxylic acids is 2. The van der Waals surface area contributed by atoms with E-state index in [0.717, 1.165) is 5.56 Å². The monoisotopic (exact) mass is 307 g/mol. The van der Waals surface area contributed by atoms with Crippen molar-refractivity contribution in [2.24, 2.45) is 5.73 Å².